The summed E-state index contributed by atoms with van der Waals surface area (Å²) in [5.74, 6) is -1.84. The number of hydrogen-bond acceptors (Lipinski definition) is 4. The molecule has 1 aromatic carbocycles. The molecule has 1 saturated heterocycles. The van der Waals surface area contributed by atoms with E-state index in [-0.39, 0.29) is 47.6 Å². The molecular formula is C23H26FN3O4. The van der Waals surface area contributed by atoms with Crippen molar-refractivity contribution in [1.29, 1.82) is 0 Å². The fourth-order valence-corrected chi connectivity index (χ4v) is 5.09. The number of aliphatic hydroxyl groups is 1. The first-order chi connectivity index (χ1) is 14.9. The number of pyridine rings is 1. The molecule has 1 fully saturated rings. The van der Waals surface area contributed by atoms with E-state index < -0.39 is 23.8 Å². The Morgan fingerprint density at radius 1 is 1.19 bits per heavy atom. The molecule has 7 nitrogen and oxygen atoms in total. The summed E-state index contributed by atoms with van der Waals surface area (Å²) in [6.45, 7) is 3.79. The van der Waals surface area contributed by atoms with E-state index in [0.717, 1.165) is 6.42 Å². The highest BCUT2D eigenvalue weighted by Gasteiger charge is 2.56. The molecule has 0 spiro atoms. The van der Waals surface area contributed by atoms with Gasteiger partial charge in [-0.15, -0.1) is 0 Å². The van der Waals surface area contributed by atoms with Gasteiger partial charge in [0.25, 0.3) is 5.56 Å². The lowest BCUT2D eigenvalue weighted by molar-refractivity contribution is -0.140. The lowest BCUT2D eigenvalue weighted by Crippen LogP contribution is -2.50. The number of likely N-dealkylation sites (tertiary alicyclic amines) is 1. The number of nitrogens with one attached hydrogen (secondary N) is 1. The summed E-state index contributed by atoms with van der Waals surface area (Å²) < 4.78 is 15.8. The van der Waals surface area contributed by atoms with Crippen molar-refractivity contribution in [3.8, 4) is 11.1 Å². The van der Waals surface area contributed by atoms with Crippen molar-refractivity contribution in [2.24, 2.45) is 11.8 Å². The standard InChI is InChI=1S/C23H26FN3O4/c1-3-10-25-22(30)21-17(12-28)16-11-26-19(20(16)27(21)13(2)29)9-8-15(23(26)31)14-6-4-5-7-18(14)24/h4-9,16-17,20-21,28H,3,10-12H2,1-2H3,(H,25,30)/t16-,17-,20+,21-/m0/s1. The van der Waals surface area contributed by atoms with E-state index in [4.69, 9.17) is 0 Å². The molecule has 0 bridgehead atoms. The normalized spacial score (nSPS) is 24.1. The average molecular weight is 427 g/mol. The van der Waals surface area contributed by atoms with Crippen LogP contribution in [0.5, 0.6) is 0 Å². The summed E-state index contributed by atoms with van der Waals surface area (Å²) in [4.78, 5) is 40.2. The Morgan fingerprint density at radius 2 is 1.94 bits per heavy atom. The van der Waals surface area contributed by atoms with Gasteiger partial charge in [-0.05, 0) is 24.6 Å². The first kappa shape index (κ1) is 21.2. The van der Waals surface area contributed by atoms with Crippen LogP contribution in [0.15, 0.2) is 41.2 Å². The molecule has 2 amide bonds. The molecule has 8 heteroatoms. The highest BCUT2D eigenvalue weighted by molar-refractivity contribution is 5.88. The average Bonchev–Trinajstić information content (AvgIpc) is 3.28. The number of aliphatic hydroxyl groups excluding tert-OH is 1. The van der Waals surface area contributed by atoms with Crippen LogP contribution in [0.2, 0.25) is 0 Å². The Hall–Kier alpha value is -3.00. The van der Waals surface area contributed by atoms with Gasteiger partial charge in [0, 0.05) is 49.7 Å². The molecule has 2 aromatic rings. The number of halogens is 1. The van der Waals surface area contributed by atoms with Gasteiger partial charge < -0.3 is 19.9 Å². The molecule has 3 heterocycles. The van der Waals surface area contributed by atoms with E-state index in [9.17, 15) is 23.9 Å². The van der Waals surface area contributed by atoms with Crippen LogP contribution < -0.4 is 10.9 Å². The summed E-state index contributed by atoms with van der Waals surface area (Å²) in [7, 11) is 0. The van der Waals surface area contributed by atoms with Crippen LogP contribution in [-0.4, -0.2) is 45.6 Å². The van der Waals surface area contributed by atoms with Gasteiger partial charge in [0.1, 0.15) is 11.9 Å². The predicted octanol–water partition coefficient (Wildman–Crippen LogP) is 1.69. The highest BCUT2D eigenvalue weighted by atomic mass is 19.1. The van der Waals surface area contributed by atoms with E-state index in [1.54, 1.807) is 34.9 Å². The molecule has 2 aliphatic heterocycles. The summed E-state index contributed by atoms with van der Waals surface area (Å²) in [5, 5.41) is 13.0. The van der Waals surface area contributed by atoms with Crippen LogP contribution in [-0.2, 0) is 16.1 Å². The van der Waals surface area contributed by atoms with Crippen LogP contribution in [0, 0.1) is 17.7 Å². The van der Waals surface area contributed by atoms with Gasteiger partial charge in [-0.1, -0.05) is 25.1 Å². The smallest absolute Gasteiger partial charge is 0.258 e. The maximum Gasteiger partial charge on any atom is 0.258 e. The molecule has 164 valence electrons. The summed E-state index contributed by atoms with van der Waals surface area (Å²) >= 11 is 0. The van der Waals surface area contributed by atoms with E-state index in [0.29, 0.717) is 12.2 Å². The van der Waals surface area contributed by atoms with Gasteiger partial charge in [-0.25, -0.2) is 4.39 Å². The van der Waals surface area contributed by atoms with Crippen molar-refractivity contribution < 1.29 is 19.1 Å². The number of aromatic nitrogens is 1. The molecule has 0 saturated carbocycles. The van der Waals surface area contributed by atoms with Gasteiger partial charge in [0.15, 0.2) is 0 Å². The third-order valence-corrected chi connectivity index (χ3v) is 6.42. The van der Waals surface area contributed by atoms with E-state index in [1.165, 1.54) is 17.9 Å². The van der Waals surface area contributed by atoms with Crippen molar-refractivity contribution in [2.75, 3.05) is 13.2 Å². The zero-order chi connectivity index (χ0) is 22.3. The third kappa shape index (κ3) is 3.35. The minimum atomic E-state index is -0.792. The van der Waals surface area contributed by atoms with E-state index in [1.807, 2.05) is 6.92 Å². The zero-order valence-electron chi connectivity index (χ0n) is 17.5. The van der Waals surface area contributed by atoms with Crippen LogP contribution in [0.1, 0.15) is 32.0 Å². The minimum absolute atomic E-state index is 0.221. The molecule has 4 atom stereocenters. The Kier molecular flexibility index (Phi) is 5.66. The van der Waals surface area contributed by atoms with Crippen LogP contribution in [0.25, 0.3) is 11.1 Å². The number of fused-ring (bicyclic) bond motifs is 3. The fraction of sp³-hybridized carbons (Fsp3) is 0.435. The van der Waals surface area contributed by atoms with Crippen LogP contribution >= 0.6 is 0 Å². The quantitative estimate of drug-likeness (QED) is 0.760. The van der Waals surface area contributed by atoms with Gasteiger partial charge in [0.05, 0.1) is 11.6 Å². The second kappa shape index (κ2) is 8.26. The van der Waals surface area contributed by atoms with Crippen molar-refractivity contribution in [3.05, 3.63) is 58.3 Å². The predicted molar refractivity (Wildman–Crippen MR) is 113 cm³/mol. The number of amides is 2. The Labute approximate surface area is 179 Å². The van der Waals surface area contributed by atoms with Gasteiger partial charge in [0.2, 0.25) is 11.8 Å². The number of nitrogens with zero attached hydrogens (tertiary/aromatic N) is 2. The molecule has 0 aliphatic carbocycles. The van der Waals surface area contributed by atoms with Crippen molar-refractivity contribution in [3.63, 3.8) is 0 Å². The monoisotopic (exact) mass is 427 g/mol. The highest BCUT2D eigenvalue weighted by Crippen LogP contribution is 2.49. The molecule has 1 aromatic heterocycles. The number of benzene rings is 1. The Morgan fingerprint density at radius 3 is 2.58 bits per heavy atom. The lowest BCUT2D eigenvalue weighted by atomic mass is 9.88. The first-order valence-electron chi connectivity index (χ1n) is 10.6. The second-order valence-corrected chi connectivity index (χ2v) is 8.18. The Balaban J connectivity index is 1.78. The lowest BCUT2D eigenvalue weighted by Gasteiger charge is -2.30. The van der Waals surface area contributed by atoms with Crippen LogP contribution in [0.4, 0.5) is 4.39 Å². The van der Waals surface area contributed by atoms with E-state index >= 15 is 0 Å². The van der Waals surface area contributed by atoms with Gasteiger partial charge >= 0.3 is 0 Å². The SMILES string of the molecule is CCCNC(=O)[C@@H]1[C@@H](CO)[C@@H]2Cn3c(ccc(-c4ccccc4F)c3=O)[C@@H]2N1C(C)=O. The second-order valence-electron chi connectivity index (χ2n) is 8.18. The van der Waals surface area contributed by atoms with Gasteiger partial charge in [-0.2, -0.15) is 0 Å². The fourth-order valence-electron chi connectivity index (χ4n) is 5.09. The maximum absolute atomic E-state index is 14.3. The number of carbonyl (C=O) groups excluding carboxylic acids is 2. The molecule has 0 unspecified atom stereocenters. The Bertz CT molecular complexity index is 1080. The molecular weight excluding hydrogens is 401 g/mol. The third-order valence-electron chi connectivity index (χ3n) is 6.42. The summed E-state index contributed by atoms with van der Waals surface area (Å²) in [6.07, 6.45) is 0.756. The van der Waals surface area contributed by atoms with E-state index in [2.05, 4.69) is 5.32 Å². The zero-order valence-corrected chi connectivity index (χ0v) is 17.5. The number of carbonyl (C=O) groups is 2. The van der Waals surface area contributed by atoms with Gasteiger partial charge in [-0.3, -0.25) is 14.4 Å². The number of rotatable bonds is 5. The van der Waals surface area contributed by atoms with Crippen LogP contribution in [0.3, 0.4) is 0 Å². The van der Waals surface area contributed by atoms with Crippen molar-refractivity contribution in [2.45, 2.75) is 38.9 Å². The first-order valence-corrected chi connectivity index (χ1v) is 10.6. The molecule has 0 radical (unpaired) electrons. The minimum Gasteiger partial charge on any atom is -0.396 e. The largest absolute Gasteiger partial charge is 0.396 e. The molecule has 4 rings (SSSR count). The molecule has 2 N–H and O–H groups in total. The number of hydrogen-bond donors (Lipinski definition) is 2. The summed E-state index contributed by atoms with van der Waals surface area (Å²) in [5.41, 5.74) is 0.728. The van der Waals surface area contributed by atoms with Crippen molar-refractivity contribution >= 4 is 11.8 Å². The summed E-state index contributed by atoms with van der Waals surface area (Å²) in [6, 6.07) is 8.11. The molecule has 2 aliphatic rings. The topological polar surface area (TPSA) is 91.6 Å². The van der Waals surface area contributed by atoms with Crippen molar-refractivity contribution in [1.82, 2.24) is 14.8 Å². The maximum atomic E-state index is 14.3. The molecule has 31 heavy (non-hydrogen) atoms.